The number of nitrogens with zero attached hydrogens (tertiary/aromatic N) is 3. The number of benzene rings is 2. The van der Waals surface area contributed by atoms with Gasteiger partial charge in [-0.2, -0.15) is 0 Å². The Morgan fingerprint density at radius 2 is 1.04 bits per heavy atom. The van der Waals surface area contributed by atoms with Crippen molar-refractivity contribution in [3.63, 3.8) is 0 Å². The van der Waals surface area contributed by atoms with Gasteiger partial charge in [-0.3, -0.25) is 4.98 Å². The number of rotatable bonds is 3. The largest absolute Gasteiger partial charge is 0.253 e. The van der Waals surface area contributed by atoms with Crippen molar-refractivity contribution in [2.45, 2.75) is 13.8 Å². The fourth-order valence-corrected chi connectivity index (χ4v) is 2.57. The number of pyridine rings is 1. The molecule has 0 bridgehead atoms. The molecule has 0 amide bonds. The fraction of sp³-hybridized carbons (Fsp3) is 0.0870. The number of hydrogen-bond donors (Lipinski definition) is 0. The van der Waals surface area contributed by atoms with Gasteiger partial charge in [0.15, 0.2) is 5.82 Å². The summed E-state index contributed by atoms with van der Waals surface area (Å²) in [4.78, 5) is 13.8. The normalized spacial score (nSPS) is 9.92. The molecule has 4 aromatic rings. The molecule has 4 rings (SSSR count). The Balaban J connectivity index is 0.000000948. The molecular formula is C23H21N3. The van der Waals surface area contributed by atoms with Crippen molar-refractivity contribution in [3.05, 3.63) is 91.1 Å². The van der Waals surface area contributed by atoms with Crippen molar-refractivity contribution < 1.29 is 0 Å². The zero-order valence-electron chi connectivity index (χ0n) is 15.0. The minimum atomic E-state index is 0.635. The summed E-state index contributed by atoms with van der Waals surface area (Å²) in [5.41, 5.74) is 4.69. The maximum absolute atomic E-state index is 4.73. The van der Waals surface area contributed by atoms with E-state index < -0.39 is 0 Å². The first-order valence-corrected chi connectivity index (χ1v) is 8.81. The first-order valence-electron chi connectivity index (χ1n) is 8.81. The zero-order valence-corrected chi connectivity index (χ0v) is 15.0. The third kappa shape index (κ3) is 4.01. The van der Waals surface area contributed by atoms with E-state index in [9.17, 15) is 0 Å². The van der Waals surface area contributed by atoms with Crippen LogP contribution in [-0.4, -0.2) is 15.0 Å². The summed E-state index contributed by atoms with van der Waals surface area (Å²) in [7, 11) is 0. The van der Waals surface area contributed by atoms with Crippen LogP contribution in [0.25, 0.3) is 34.0 Å². The summed E-state index contributed by atoms with van der Waals surface area (Å²) < 4.78 is 0. The first kappa shape index (κ1) is 17.5. The Labute approximate surface area is 154 Å². The van der Waals surface area contributed by atoms with Gasteiger partial charge in [0.2, 0.25) is 0 Å². The molecule has 0 aliphatic rings. The predicted molar refractivity (Wildman–Crippen MR) is 107 cm³/mol. The van der Waals surface area contributed by atoms with Gasteiger partial charge in [-0.25, -0.2) is 9.97 Å². The van der Waals surface area contributed by atoms with Crippen LogP contribution < -0.4 is 0 Å². The SMILES string of the molecule is CC.c1ccc(-c2cc(-c3ccccc3)nc(-c3ccccn3)n2)cc1. The van der Waals surface area contributed by atoms with Crippen LogP contribution in [-0.2, 0) is 0 Å². The van der Waals surface area contributed by atoms with Crippen LogP contribution in [0.5, 0.6) is 0 Å². The molecule has 0 fully saturated rings. The summed E-state index contributed by atoms with van der Waals surface area (Å²) in [6.45, 7) is 4.00. The summed E-state index contributed by atoms with van der Waals surface area (Å²) in [5, 5.41) is 0. The zero-order chi connectivity index (χ0) is 18.2. The van der Waals surface area contributed by atoms with Gasteiger partial charge >= 0.3 is 0 Å². The van der Waals surface area contributed by atoms with E-state index in [4.69, 9.17) is 9.97 Å². The molecule has 2 aromatic carbocycles. The minimum absolute atomic E-state index is 0.635. The molecule has 0 unspecified atom stereocenters. The van der Waals surface area contributed by atoms with Gasteiger partial charge in [-0.1, -0.05) is 80.6 Å². The molecule has 0 atom stereocenters. The van der Waals surface area contributed by atoms with Gasteiger partial charge in [-0.05, 0) is 18.2 Å². The van der Waals surface area contributed by atoms with Gasteiger partial charge in [0.1, 0.15) is 5.69 Å². The average Bonchev–Trinajstić information content (AvgIpc) is 2.77. The third-order valence-electron chi connectivity index (χ3n) is 3.76. The molecule has 2 aromatic heterocycles. The van der Waals surface area contributed by atoms with Crippen LogP contribution in [0, 0.1) is 0 Å². The lowest BCUT2D eigenvalue weighted by molar-refractivity contribution is 1.15. The maximum atomic E-state index is 4.73. The molecule has 0 aliphatic carbocycles. The van der Waals surface area contributed by atoms with E-state index in [2.05, 4.69) is 29.2 Å². The Kier molecular flexibility index (Phi) is 5.84. The van der Waals surface area contributed by atoms with E-state index in [1.165, 1.54) is 0 Å². The molecule has 0 saturated carbocycles. The van der Waals surface area contributed by atoms with Crippen LogP contribution in [0.1, 0.15) is 13.8 Å². The second kappa shape index (κ2) is 8.67. The lowest BCUT2D eigenvalue weighted by atomic mass is 10.1. The highest BCUT2D eigenvalue weighted by atomic mass is 14.9. The molecule has 2 heterocycles. The van der Waals surface area contributed by atoms with Gasteiger partial charge < -0.3 is 0 Å². The Bertz CT molecular complexity index is 797. The van der Waals surface area contributed by atoms with Gasteiger partial charge in [0.05, 0.1) is 11.4 Å². The van der Waals surface area contributed by atoms with Gasteiger partial charge in [0.25, 0.3) is 0 Å². The van der Waals surface area contributed by atoms with E-state index in [0.717, 1.165) is 28.2 Å². The van der Waals surface area contributed by atoms with Crippen molar-refractivity contribution in [2.24, 2.45) is 0 Å². The average molecular weight is 339 g/mol. The second-order valence-corrected chi connectivity index (χ2v) is 5.41. The summed E-state index contributed by atoms with van der Waals surface area (Å²) in [6.07, 6.45) is 1.76. The van der Waals surface area contributed by atoms with E-state index >= 15 is 0 Å². The monoisotopic (exact) mass is 339 g/mol. The van der Waals surface area contributed by atoms with Crippen LogP contribution in [0.2, 0.25) is 0 Å². The lowest BCUT2D eigenvalue weighted by Gasteiger charge is -2.08. The number of aromatic nitrogens is 3. The molecule has 128 valence electrons. The Morgan fingerprint density at radius 1 is 0.538 bits per heavy atom. The van der Waals surface area contributed by atoms with E-state index in [1.807, 2.05) is 74.5 Å². The molecule has 0 spiro atoms. The van der Waals surface area contributed by atoms with Crippen LogP contribution in [0.4, 0.5) is 0 Å². The van der Waals surface area contributed by atoms with Crippen molar-refractivity contribution in [1.29, 1.82) is 0 Å². The van der Waals surface area contributed by atoms with Crippen molar-refractivity contribution in [1.82, 2.24) is 15.0 Å². The summed E-state index contributed by atoms with van der Waals surface area (Å²) in [5.74, 6) is 0.635. The molecule has 0 N–H and O–H groups in total. The molecule has 0 aliphatic heterocycles. The van der Waals surface area contributed by atoms with Crippen LogP contribution in [0.3, 0.4) is 0 Å². The molecule has 3 heteroatoms. The van der Waals surface area contributed by atoms with Gasteiger partial charge in [-0.15, -0.1) is 0 Å². The Morgan fingerprint density at radius 3 is 1.50 bits per heavy atom. The third-order valence-corrected chi connectivity index (χ3v) is 3.76. The molecule has 26 heavy (non-hydrogen) atoms. The van der Waals surface area contributed by atoms with Crippen molar-refractivity contribution >= 4 is 0 Å². The van der Waals surface area contributed by atoms with Crippen molar-refractivity contribution in [2.75, 3.05) is 0 Å². The summed E-state index contributed by atoms with van der Waals surface area (Å²) in [6, 6.07) is 28.1. The Hall–Kier alpha value is -3.33. The predicted octanol–water partition coefficient (Wildman–Crippen LogP) is 5.90. The maximum Gasteiger partial charge on any atom is 0.179 e. The topological polar surface area (TPSA) is 38.7 Å². The molecular weight excluding hydrogens is 318 g/mol. The van der Waals surface area contributed by atoms with Gasteiger partial charge in [0, 0.05) is 17.3 Å². The smallest absolute Gasteiger partial charge is 0.179 e. The number of hydrogen-bond acceptors (Lipinski definition) is 3. The van der Waals surface area contributed by atoms with Crippen molar-refractivity contribution in [3.8, 4) is 34.0 Å². The molecule has 0 radical (unpaired) electrons. The molecule has 0 saturated heterocycles. The first-order chi connectivity index (χ1) is 12.9. The highest BCUT2D eigenvalue weighted by Gasteiger charge is 2.10. The molecule has 3 nitrogen and oxygen atoms in total. The summed E-state index contributed by atoms with van der Waals surface area (Å²) >= 11 is 0. The fourth-order valence-electron chi connectivity index (χ4n) is 2.57. The quantitative estimate of drug-likeness (QED) is 0.466. The van der Waals surface area contributed by atoms with E-state index in [0.29, 0.717) is 5.82 Å². The van der Waals surface area contributed by atoms with E-state index in [-0.39, 0.29) is 0 Å². The van der Waals surface area contributed by atoms with E-state index in [1.54, 1.807) is 6.20 Å². The van der Waals surface area contributed by atoms with Crippen LogP contribution >= 0.6 is 0 Å². The lowest BCUT2D eigenvalue weighted by Crippen LogP contribution is -1.96. The van der Waals surface area contributed by atoms with Crippen LogP contribution in [0.15, 0.2) is 91.1 Å². The second-order valence-electron chi connectivity index (χ2n) is 5.41. The minimum Gasteiger partial charge on any atom is -0.253 e. The highest BCUT2D eigenvalue weighted by molar-refractivity contribution is 5.70. The highest BCUT2D eigenvalue weighted by Crippen LogP contribution is 2.26. The standard InChI is InChI=1S/C21H15N3.C2H6/c1-3-9-16(10-4-1)19-15-20(17-11-5-2-6-12-17)24-21(23-19)18-13-7-8-14-22-18;1-2/h1-15H;1-2H3.